The van der Waals surface area contributed by atoms with Gasteiger partial charge in [0.15, 0.2) is 11.5 Å². The summed E-state index contributed by atoms with van der Waals surface area (Å²) < 4.78 is 16.1. The number of rotatable bonds is 11. The summed E-state index contributed by atoms with van der Waals surface area (Å²) in [5.41, 5.74) is 6.42. The van der Waals surface area contributed by atoms with Crippen molar-refractivity contribution in [2.24, 2.45) is 29.4 Å². The molecule has 1 aromatic rings. The molecule has 0 spiro atoms. The van der Waals surface area contributed by atoms with Crippen LogP contribution in [0, 0.1) is 23.7 Å². The molecule has 2 unspecified atom stereocenters. The Morgan fingerprint density at radius 3 is 1.76 bits per heavy atom. The molecule has 9 nitrogen and oxygen atoms in total. The van der Waals surface area contributed by atoms with E-state index in [0.717, 1.165) is 0 Å². The molecule has 3 N–H and O–H groups in total. The van der Waals surface area contributed by atoms with Crippen molar-refractivity contribution in [1.82, 2.24) is 0 Å². The van der Waals surface area contributed by atoms with Gasteiger partial charge in [-0.2, -0.15) is 0 Å². The normalized spacial score (nSPS) is 14.0. The molecule has 0 aliphatic heterocycles. The van der Waals surface area contributed by atoms with E-state index in [1.165, 1.54) is 12.1 Å². The molecule has 9 heteroatoms. The minimum atomic E-state index is -1.32. The lowest BCUT2D eigenvalue weighted by molar-refractivity contribution is -0.149. The molecular formula is C24H35NO8. The zero-order chi connectivity index (χ0) is 25.5. The maximum absolute atomic E-state index is 12.2. The second-order valence-corrected chi connectivity index (χ2v) is 9.01. The molecule has 0 aromatic heterocycles. The van der Waals surface area contributed by atoms with E-state index in [0.29, 0.717) is 5.56 Å². The highest BCUT2D eigenvalue weighted by Crippen LogP contribution is 2.36. The van der Waals surface area contributed by atoms with Crippen molar-refractivity contribution in [2.45, 2.75) is 60.4 Å². The van der Waals surface area contributed by atoms with Crippen molar-refractivity contribution in [2.75, 3.05) is 6.61 Å². The molecule has 0 bridgehead atoms. The van der Waals surface area contributed by atoms with Gasteiger partial charge in [0.2, 0.25) is 0 Å². The van der Waals surface area contributed by atoms with Gasteiger partial charge in [0.1, 0.15) is 6.04 Å². The van der Waals surface area contributed by atoms with Crippen LogP contribution in [-0.2, 0) is 23.9 Å². The van der Waals surface area contributed by atoms with E-state index < -0.39 is 53.6 Å². The van der Waals surface area contributed by atoms with E-state index in [2.05, 4.69) is 0 Å². The Hall–Kier alpha value is -2.94. The SMILES string of the molecule is CC(C)C(=O)OCC(C)C(c1ccc(OC(=O)C(C)C)c(OC(=O)C(C)C)c1)[C@H](N)C(=O)O. The van der Waals surface area contributed by atoms with Crippen LogP contribution in [0.15, 0.2) is 18.2 Å². The summed E-state index contributed by atoms with van der Waals surface area (Å²) in [4.78, 5) is 47.9. The number of aliphatic carboxylic acids is 1. The van der Waals surface area contributed by atoms with Crippen molar-refractivity contribution >= 4 is 23.9 Å². The lowest BCUT2D eigenvalue weighted by Crippen LogP contribution is -2.40. The second kappa shape index (κ2) is 12.3. The molecule has 1 rings (SSSR count). The van der Waals surface area contributed by atoms with Gasteiger partial charge < -0.3 is 25.1 Å². The third kappa shape index (κ3) is 8.16. The van der Waals surface area contributed by atoms with Gasteiger partial charge >= 0.3 is 23.9 Å². The summed E-state index contributed by atoms with van der Waals surface area (Å²) >= 11 is 0. The number of carboxylic acids is 1. The fourth-order valence-corrected chi connectivity index (χ4v) is 2.88. The fourth-order valence-electron chi connectivity index (χ4n) is 2.88. The van der Waals surface area contributed by atoms with Gasteiger partial charge in [-0.25, -0.2) is 0 Å². The molecule has 1 aromatic carbocycles. The maximum Gasteiger partial charge on any atom is 0.321 e. The standard InChI is InChI=1S/C24H35NO8/c1-12(2)22(28)31-11-15(7)19(20(25)21(26)27)16-8-9-17(32-23(29)13(3)4)18(10-16)33-24(30)14(5)6/h8-10,12-15,19-20H,11,25H2,1-7H3,(H,26,27)/t15?,19?,20-/m0/s1. The van der Waals surface area contributed by atoms with Gasteiger partial charge in [0.05, 0.1) is 24.4 Å². The molecule has 0 radical (unpaired) electrons. The Morgan fingerprint density at radius 1 is 0.818 bits per heavy atom. The van der Waals surface area contributed by atoms with Crippen LogP contribution in [0.25, 0.3) is 0 Å². The molecule has 33 heavy (non-hydrogen) atoms. The van der Waals surface area contributed by atoms with Crippen LogP contribution in [0.5, 0.6) is 11.5 Å². The van der Waals surface area contributed by atoms with Crippen LogP contribution >= 0.6 is 0 Å². The quantitative estimate of drug-likeness (QED) is 0.372. The topological polar surface area (TPSA) is 142 Å². The highest BCUT2D eigenvalue weighted by molar-refractivity contribution is 5.78. The first-order valence-electron chi connectivity index (χ1n) is 11.0. The van der Waals surface area contributed by atoms with Crippen LogP contribution < -0.4 is 15.2 Å². The van der Waals surface area contributed by atoms with E-state index in [1.54, 1.807) is 54.5 Å². The molecule has 3 atom stereocenters. The van der Waals surface area contributed by atoms with E-state index in [4.69, 9.17) is 19.9 Å². The minimum Gasteiger partial charge on any atom is -0.480 e. The highest BCUT2D eigenvalue weighted by Gasteiger charge is 2.33. The summed E-state index contributed by atoms with van der Waals surface area (Å²) in [6.45, 7) is 11.7. The second-order valence-electron chi connectivity index (χ2n) is 9.01. The Balaban J connectivity index is 3.40. The smallest absolute Gasteiger partial charge is 0.321 e. The van der Waals surface area contributed by atoms with Crippen LogP contribution in [0.3, 0.4) is 0 Å². The van der Waals surface area contributed by atoms with Crippen molar-refractivity contribution in [3.05, 3.63) is 23.8 Å². The van der Waals surface area contributed by atoms with Gasteiger partial charge in [-0.05, 0) is 23.6 Å². The fraction of sp³-hybridized carbons (Fsp3) is 0.583. The number of carbonyl (C=O) groups excluding carboxylic acids is 3. The first kappa shape index (κ1) is 28.1. The Labute approximate surface area is 194 Å². The number of hydrogen-bond donors (Lipinski definition) is 2. The average Bonchev–Trinajstić information content (AvgIpc) is 2.73. The predicted molar refractivity (Wildman–Crippen MR) is 121 cm³/mol. The number of nitrogens with two attached hydrogens (primary N) is 1. The number of benzene rings is 1. The molecule has 0 amide bonds. The molecule has 0 heterocycles. The number of esters is 3. The molecule has 0 fully saturated rings. The number of hydrogen-bond acceptors (Lipinski definition) is 8. The lowest BCUT2D eigenvalue weighted by Gasteiger charge is -2.28. The summed E-state index contributed by atoms with van der Waals surface area (Å²) in [6, 6.07) is 3.12. The highest BCUT2D eigenvalue weighted by atomic mass is 16.6. The molecule has 0 saturated heterocycles. The Kier molecular flexibility index (Phi) is 10.5. The lowest BCUT2D eigenvalue weighted by atomic mass is 9.82. The zero-order valence-electron chi connectivity index (χ0n) is 20.3. The molecule has 0 aliphatic carbocycles. The third-order valence-electron chi connectivity index (χ3n) is 4.96. The van der Waals surface area contributed by atoms with Crippen LogP contribution in [-0.4, -0.2) is 41.6 Å². The van der Waals surface area contributed by atoms with Gasteiger partial charge in [-0.3, -0.25) is 19.2 Å². The molecule has 0 aliphatic rings. The van der Waals surface area contributed by atoms with Gasteiger partial charge in [-0.1, -0.05) is 54.5 Å². The third-order valence-corrected chi connectivity index (χ3v) is 4.96. The summed E-state index contributed by atoms with van der Waals surface area (Å²) in [7, 11) is 0. The van der Waals surface area contributed by atoms with Crippen molar-refractivity contribution < 1.29 is 38.5 Å². The first-order valence-corrected chi connectivity index (χ1v) is 11.0. The Bertz CT molecular complexity index is 862. The van der Waals surface area contributed by atoms with E-state index in [-0.39, 0.29) is 24.0 Å². The van der Waals surface area contributed by atoms with E-state index in [1.807, 2.05) is 0 Å². The summed E-state index contributed by atoms with van der Waals surface area (Å²) in [5.74, 6) is -5.15. The Morgan fingerprint density at radius 2 is 1.30 bits per heavy atom. The van der Waals surface area contributed by atoms with Gasteiger partial charge in [-0.15, -0.1) is 0 Å². The maximum atomic E-state index is 12.2. The van der Waals surface area contributed by atoms with Crippen molar-refractivity contribution in [1.29, 1.82) is 0 Å². The number of carboxylic acid groups (broad SMARTS) is 1. The monoisotopic (exact) mass is 465 g/mol. The summed E-state index contributed by atoms with van der Waals surface area (Å²) in [6.07, 6.45) is 0. The van der Waals surface area contributed by atoms with E-state index >= 15 is 0 Å². The molecule has 184 valence electrons. The predicted octanol–water partition coefficient (Wildman–Crippen LogP) is 3.14. The van der Waals surface area contributed by atoms with Crippen LogP contribution in [0.4, 0.5) is 0 Å². The van der Waals surface area contributed by atoms with Gasteiger partial charge in [0, 0.05) is 5.92 Å². The molecular weight excluding hydrogens is 430 g/mol. The largest absolute Gasteiger partial charge is 0.480 e. The summed E-state index contributed by atoms with van der Waals surface area (Å²) in [5, 5.41) is 9.56. The average molecular weight is 466 g/mol. The molecule has 0 saturated carbocycles. The van der Waals surface area contributed by atoms with Crippen LogP contribution in [0.1, 0.15) is 59.9 Å². The van der Waals surface area contributed by atoms with Crippen LogP contribution in [0.2, 0.25) is 0 Å². The number of ether oxygens (including phenoxy) is 3. The van der Waals surface area contributed by atoms with Gasteiger partial charge in [0.25, 0.3) is 0 Å². The zero-order valence-corrected chi connectivity index (χ0v) is 20.3. The van der Waals surface area contributed by atoms with Crippen molar-refractivity contribution in [3.8, 4) is 11.5 Å². The first-order chi connectivity index (χ1) is 15.3. The van der Waals surface area contributed by atoms with E-state index in [9.17, 15) is 24.3 Å². The minimum absolute atomic E-state index is 0.0193. The van der Waals surface area contributed by atoms with Crippen molar-refractivity contribution in [3.63, 3.8) is 0 Å². The number of carbonyl (C=O) groups is 4.